The Bertz CT molecular complexity index is 801. The summed E-state index contributed by atoms with van der Waals surface area (Å²) in [5.41, 5.74) is 1.74. The molecule has 122 valence electrons. The molecule has 0 radical (unpaired) electrons. The van der Waals surface area contributed by atoms with Crippen molar-refractivity contribution in [2.45, 2.75) is 24.7 Å². The standard InChI is InChI=1S/C16H18ClN3O2S/c1-12-10-14(5-6-15(12)17)23(21,22)19-16-7-4-13(11-18-16)20-8-2-3-9-20/h4-7,10-11H,2-3,8-9H2,1H3,(H,18,19). The van der Waals surface area contributed by atoms with E-state index in [0.29, 0.717) is 16.4 Å². The normalized spacial score (nSPS) is 15.0. The van der Waals surface area contributed by atoms with E-state index < -0.39 is 10.0 Å². The minimum atomic E-state index is -3.67. The number of hydrogen-bond acceptors (Lipinski definition) is 4. The van der Waals surface area contributed by atoms with Gasteiger partial charge in [-0.15, -0.1) is 0 Å². The van der Waals surface area contributed by atoms with Crippen LogP contribution in [0.15, 0.2) is 41.4 Å². The van der Waals surface area contributed by atoms with E-state index in [0.717, 1.165) is 18.8 Å². The van der Waals surface area contributed by atoms with Crippen LogP contribution in [0.2, 0.25) is 5.02 Å². The number of aryl methyl sites for hydroxylation is 1. The first-order chi connectivity index (χ1) is 11.0. The molecule has 1 saturated heterocycles. The number of halogens is 1. The van der Waals surface area contributed by atoms with Crippen LogP contribution in [0.3, 0.4) is 0 Å². The Morgan fingerprint density at radius 2 is 1.91 bits per heavy atom. The van der Waals surface area contributed by atoms with Gasteiger partial charge < -0.3 is 4.90 Å². The van der Waals surface area contributed by atoms with E-state index in [4.69, 9.17) is 11.6 Å². The van der Waals surface area contributed by atoms with Crippen molar-refractivity contribution in [1.29, 1.82) is 0 Å². The predicted octanol–water partition coefficient (Wildman–Crippen LogP) is 3.44. The summed E-state index contributed by atoms with van der Waals surface area (Å²) in [7, 11) is -3.67. The summed E-state index contributed by atoms with van der Waals surface area (Å²) in [4.78, 5) is 6.63. The minimum absolute atomic E-state index is 0.171. The van der Waals surface area contributed by atoms with E-state index in [1.54, 1.807) is 31.3 Å². The van der Waals surface area contributed by atoms with Gasteiger partial charge in [-0.2, -0.15) is 0 Å². The molecule has 3 rings (SSSR count). The molecule has 0 spiro atoms. The van der Waals surface area contributed by atoms with Gasteiger partial charge in [0.1, 0.15) is 5.82 Å². The number of nitrogens with one attached hydrogen (secondary N) is 1. The summed E-state index contributed by atoms with van der Waals surface area (Å²) in [5.74, 6) is 0.306. The van der Waals surface area contributed by atoms with Crippen molar-refractivity contribution in [2.75, 3.05) is 22.7 Å². The summed E-state index contributed by atoms with van der Waals surface area (Å²) < 4.78 is 27.3. The van der Waals surface area contributed by atoms with Crippen LogP contribution >= 0.6 is 11.6 Å². The molecule has 1 aliphatic heterocycles. The van der Waals surface area contributed by atoms with Gasteiger partial charge in [0.25, 0.3) is 10.0 Å². The lowest BCUT2D eigenvalue weighted by atomic mass is 10.2. The molecule has 2 heterocycles. The highest BCUT2D eigenvalue weighted by Crippen LogP contribution is 2.23. The molecule has 23 heavy (non-hydrogen) atoms. The summed E-state index contributed by atoms with van der Waals surface area (Å²) in [6.07, 6.45) is 4.07. The summed E-state index contributed by atoms with van der Waals surface area (Å²) in [6.45, 7) is 3.82. The predicted molar refractivity (Wildman–Crippen MR) is 92.7 cm³/mol. The number of anilines is 2. The lowest BCUT2D eigenvalue weighted by molar-refractivity contribution is 0.601. The molecule has 0 aliphatic carbocycles. The van der Waals surface area contributed by atoms with E-state index in [1.165, 1.54) is 18.9 Å². The van der Waals surface area contributed by atoms with Crippen LogP contribution in [0.4, 0.5) is 11.5 Å². The lowest BCUT2D eigenvalue weighted by Crippen LogP contribution is -2.18. The van der Waals surface area contributed by atoms with E-state index in [9.17, 15) is 8.42 Å². The molecule has 0 amide bonds. The highest BCUT2D eigenvalue weighted by Gasteiger charge is 2.17. The molecule has 1 N–H and O–H groups in total. The van der Waals surface area contributed by atoms with Gasteiger partial charge in [0.2, 0.25) is 0 Å². The Morgan fingerprint density at radius 1 is 1.17 bits per heavy atom. The molecule has 0 saturated carbocycles. The van der Waals surface area contributed by atoms with Crippen LogP contribution in [0.25, 0.3) is 0 Å². The second-order valence-electron chi connectivity index (χ2n) is 5.61. The van der Waals surface area contributed by atoms with Gasteiger partial charge in [-0.05, 0) is 55.7 Å². The summed E-state index contributed by atoms with van der Waals surface area (Å²) in [5, 5.41) is 0.539. The van der Waals surface area contributed by atoms with Gasteiger partial charge in [0.05, 0.1) is 16.8 Å². The Kier molecular flexibility index (Phi) is 4.46. The van der Waals surface area contributed by atoms with Gasteiger partial charge >= 0.3 is 0 Å². The second kappa shape index (κ2) is 6.37. The van der Waals surface area contributed by atoms with Gasteiger partial charge in [-0.1, -0.05) is 11.6 Å². The first kappa shape index (κ1) is 16.1. The van der Waals surface area contributed by atoms with Crippen LogP contribution in [0, 0.1) is 6.92 Å². The van der Waals surface area contributed by atoms with E-state index in [2.05, 4.69) is 14.6 Å². The molecule has 1 aliphatic rings. The maximum atomic E-state index is 12.4. The number of pyridine rings is 1. The third-order valence-electron chi connectivity index (χ3n) is 3.90. The number of nitrogens with zero attached hydrogens (tertiary/aromatic N) is 2. The highest BCUT2D eigenvalue weighted by atomic mass is 35.5. The molecule has 7 heteroatoms. The summed E-state index contributed by atoms with van der Waals surface area (Å²) in [6, 6.07) is 8.19. The zero-order valence-electron chi connectivity index (χ0n) is 12.8. The maximum Gasteiger partial charge on any atom is 0.263 e. The zero-order valence-corrected chi connectivity index (χ0v) is 14.4. The fourth-order valence-electron chi connectivity index (χ4n) is 2.59. The topological polar surface area (TPSA) is 62.3 Å². The van der Waals surface area contributed by atoms with Crippen LogP contribution in [0.1, 0.15) is 18.4 Å². The van der Waals surface area contributed by atoms with E-state index in [1.807, 2.05) is 6.07 Å². The number of sulfonamides is 1. The summed E-state index contributed by atoms with van der Waals surface area (Å²) >= 11 is 5.94. The van der Waals surface area contributed by atoms with Gasteiger partial charge in [0.15, 0.2) is 0 Å². The van der Waals surface area contributed by atoms with Crippen LogP contribution in [-0.4, -0.2) is 26.5 Å². The van der Waals surface area contributed by atoms with Crippen molar-refractivity contribution in [3.8, 4) is 0 Å². The molecule has 1 aromatic heterocycles. The molecule has 0 unspecified atom stereocenters. The zero-order chi connectivity index (χ0) is 16.4. The molecule has 5 nitrogen and oxygen atoms in total. The first-order valence-electron chi connectivity index (χ1n) is 7.46. The van der Waals surface area contributed by atoms with Crippen LogP contribution < -0.4 is 9.62 Å². The lowest BCUT2D eigenvalue weighted by Gasteiger charge is -2.17. The Morgan fingerprint density at radius 3 is 2.52 bits per heavy atom. The quantitative estimate of drug-likeness (QED) is 0.916. The molecular weight excluding hydrogens is 334 g/mol. The maximum absolute atomic E-state index is 12.4. The number of benzene rings is 1. The Balaban J connectivity index is 1.78. The Labute approximate surface area is 141 Å². The smallest absolute Gasteiger partial charge is 0.263 e. The van der Waals surface area contributed by atoms with Crippen LogP contribution in [-0.2, 0) is 10.0 Å². The molecule has 1 fully saturated rings. The van der Waals surface area contributed by atoms with Gasteiger partial charge in [-0.25, -0.2) is 13.4 Å². The monoisotopic (exact) mass is 351 g/mol. The van der Waals surface area contributed by atoms with Crippen molar-refractivity contribution in [3.63, 3.8) is 0 Å². The average molecular weight is 352 g/mol. The van der Waals surface area contributed by atoms with Crippen molar-refractivity contribution in [2.24, 2.45) is 0 Å². The molecule has 1 aromatic carbocycles. The minimum Gasteiger partial charge on any atom is -0.370 e. The third kappa shape index (κ3) is 3.59. The van der Waals surface area contributed by atoms with Crippen molar-refractivity contribution in [3.05, 3.63) is 47.1 Å². The molecule has 2 aromatic rings. The Hall–Kier alpha value is -1.79. The van der Waals surface area contributed by atoms with Crippen molar-refractivity contribution < 1.29 is 8.42 Å². The third-order valence-corrected chi connectivity index (χ3v) is 5.67. The highest BCUT2D eigenvalue weighted by molar-refractivity contribution is 7.92. The van der Waals surface area contributed by atoms with E-state index >= 15 is 0 Å². The number of rotatable bonds is 4. The second-order valence-corrected chi connectivity index (χ2v) is 7.70. The SMILES string of the molecule is Cc1cc(S(=O)(=O)Nc2ccc(N3CCCC3)cn2)ccc1Cl. The fourth-order valence-corrected chi connectivity index (χ4v) is 3.80. The molecular formula is C16H18ClN3O2S. The van der Waals surface area contributed by atoms with Crippen LogP contribution in [0.5, 0.6) is 0 Å². The number of aromatic nitrogens is 1. The largest absolute Gasteiger partial charge is 0.370 e. The molecule has 0 atom stereocenters. The average Bonchev–Trinajstić information content (AvgIpc) is 3.04. The van der Waals surface area contributed by atoms with Gasteiger partial charge in [-0.3, -0.25) is 4.72 Å². The van der Waals surface area contributed by atoms with E-state index in [-0.39, 0.29) is 4.90 Å². The van der Waals surface area contributed by atoms with Gasteiger partial charge in [0, 0.05) is 18.1 Å². The molecule has 0 bridgehead atoms. The van der Waals surface area contributed by atoms with Crippen molar-refractivity contribution >= 4 is 33.1 Å². The first-order valence-corrected chi connectivity index (χ1v) is 9.32. The fraction of sp³-hybridized carbons (Fsp3) is 0.312. The van der Waals surface area contributed by atoms with Crippen molar-refractivity contribution in [1.82, 2.24) is 4.98 Å². The number of hydrogen-bond donors (Lipinski definition) is 1.